The summed E-state index contributed by atoms with van der Waals surface area (Å²) in [5, 5.41) is 3.92. The lowest BCUT2D eigenvalue weighted by Gasteiger charge is -2.29. The van der Waals surface area contributed by atoms with E-state index >= 15 is 0 Å². The van der Waals surface area contributed by atoms with E-state index in [1.54, 1.807) is 30.5 Å². The molecule has 0 amide bonds. The summed E-state index contributed by atoms with van der Waals surface area (Å²) in [6, 6.07) is 19.7. The van der Waals surface area contributed by atoms with Crippen LogP contribution in [0.2, 0.25) is 0 Å². The fourth-order valence-electron chi connectivity index (χ4n) is 5.42. The van der Waals surface area contributed by atoms with Crippen LogP contribution in [0.1, 0.15) is 45.1 Å². The van der Waals surface area contributed by atoms with Crippen LogP contribution in [-0.2, 0) is 14.8 Å². The first kappa shape index (κ1) is 29.1. The lowest BCUT2D eigenvalue weighted by Crippen LogP contribution is -2.29. The van der Waals surface area contributed by atoms with E-state index in [0.717, 1.165) is 34.6 Å². The summed E-state index contributed by atoms with van der Waals surface area (Å²) >= 11 is 5.88. The maximum Gasteiger partial charge on any atom is 0.337 e. The normalized spacial score (nSPS) is 16.7. The summed E-state index contributed by atoms with van der Waals surface area (Å²) in [5.74, 6) is -0.0135. The van der Waals surface area contributed by atoms with Gasteiger partial charge in [-0.05, 0) is 92.3 Å². The van der Waals surface area contributed by atoms with Crippen molar-refractivity contribution in [1.82, 2.24) is 14.9 Å². The molecule has 10 nitrogen and oxygen atoms in total. The third-order valence-corrected chi connectivity index (χ3v) is 8.10. The number of ether oxygens (including phenoxy) is 2. The van der Waals surface area contributed by atoms with Crippen LogP contribution in [0.25, 0.3) is 5.69 Å². The van der Waals surface area contributed by atoms with Crippen LogP contribution in [0.15, 0.2) is 72.9 Å². The first-order chi connectivity index (χ1) is 20.0. The van der Waals surface area contributed by atoms with Crippen molar-refractivity contribution in [3.63, 3.8) is 0 Å². The van der Waals surface area contributed by atoms with Gasteiger partial charge in [-0.25, -0.2) is 13.2 Å². The molecule has 2 aromatic heterocycles. The summed E-state index contributed by atoms with van der Waals surface area (Å²) < 4.78 is 39.2. The molecule has 218 valence electrons. The Morgan fingerprint density at radius 2 is 1.74 bits per heavy atom. The summed E-state index contributed by atoms with van der Waals surface area (Å²) in [6.07, 6.45) is 2.83. The maximum absolute atomic E-state index is 12.1. The Hall–Kier alpha value is -4.42. The molecular formula is C30H31N5O5S2. The molecule has 42 heavy (non-hydrogen) atoms. The van der Waals surface area contributed by atoms with Crippen molar-refractivity contribution in [3.8, 4) is 11.4 Å². The van der Waals surface area contributed by atoms with Crippen LogP contribution in [0.3, 0.4) is 0 Å². The van der Waals surface area contributed by atoms with Gasteiger partial charge in [-0.1, -0.05) is 6.07 Å². The average molecular weight is 606 g/mol. The number of carbonyl (C=O) groups excluding carboxylic acids is 1. The van der Waals surface area contributed by atoms with Gasteiger partial charge in [0.15, 0.2) is 5.11 Å². The van der Waals surface area contributed by atoms with E-state index in [1.165, 1.54) is 14.2 Å². The number of nitrogens with zero attached hydrogens (tertiary/aromatic N) is 3. The van der Waals surface area contributed by atoms with E-state index in [1.807, 2.05) is 55.1 Å². The van der Waals surface area contributed by atoms with Gasteiger partial charge in [0.2, 0.25) is 10.0 Å². The highest BCUT2D eigenvalue weighted by Gasteiger charge is 2.42. The summed E-state index contributed by atoms with van der Waals surface area (Å²) in [6.45, 7) is 4.06. The van der Waals surface area contributed by atoms with Crippen molar-refractivity contribution in [3.05, 3.63) is 101 Å². The average Bonchev–Trinajstić information content (AvgIpc) is 3.46. The number of sulfonamides is 1. The summed E-state index contributed by atoms with van der Waals surface area (Å²) in [4.78, 5) is 18.6. The monoisotopic (exact) mass is 605 g/mol. The second-order valence-electron chi connectivity index (χ2n) is 9.96. The zero-order valence-corrected chi connectivity index (χ0v) is 25.4. The number of hydrogen-bond acceptors (Lipinski definition) is 7. The van der Waals surface area contributed by atoms with E-state index in [-0.39, 0.29) is 12.1 Å². The molecule has 2 N–H and O–H groups in total. The van der Waals surface area contributed by atoms with Gasteiger partial charge in [-0.2, -0.15) is 0 Å². The molecule has 0 saturated carbocycles. The highest BCUT2D eigenvalue weighted by Crippen LogP contribution is 2.45. The minimum Gasteiger partial charge on any atom is -0.495 e. The number of nitrogens with one attached hydrogen (secondary N) is 2. The second-order valence-corrected chi connectivity index (χ2v) is 12.1. The van der Waals surface area contributed by atoms with Crippen LogP contribution >= 0.6 is 12.2 Å². The largest absolute Gasteiger partial charge is 0.495 e. The highest BCUT2D eigenvalue weighted by molar-refractivity contribution is 7.92. The van der Waals surface area contributed by atoms with Crippen LogP contribution in [-0.4, -0.2) is 49.5 Å². The number of anilines is 2. The SMILES string of the molecule is COC(=O)c1ccc(-n2c(C)cc([C@@H]3[C@@H](c4ccccn4)NC(=S)N3c3ccc(OC)c(NS(C)(=O)=O)c3)c2C)cc1. The zero-order chi connectivity index (χ0) is 30.2. The maximum atomic E-state index is 12.1. The number of thiocarbonyl (C=S) groups is 1. The Kier molecular flexibility index (Phi) is 7.93. The van der Waals surface area contributed by atoms with Gasteiger partial charge < -0.3 is 24.3 Å². The standard InChI is InChI=1S/C30H31N5O5S2/c1-18-16-23(19(2)34(18)21-11-9-20(10-12-21)29(36)40-4)28-27(24-8-6-7-15-31-24)32-30(41)35(28)22-13-14-26(39-3)25(17-22)33-42(5,37)38/h6-17,27-28,33H,1-5H3,(H,32,41)/t27-,28-/m1/s1. The summed E-state index contributed by atoms with van der Waals surface area (Å²) in [7, 11) is -0.732. The molecule has 1 fully saturated rings. The van der Waals surface area contributed by atoms with Crippen LogP contribution in [0.5, 0.6) is 5.75 Å². The van der Waals surface area contributed by atoms with Crippen molar-refractivity contribution >= 4 is 44.7 Å². The van der Waals surface area contributed by atoms with Gasteiger partial charge in [-0.15, -0.1) is 0 Å². The molecule has 0 spiro atoms. The molecule has 1 aliphatic rings. The molecule has 4 aromatic rings. The van der Waals surface area contributed by atoms with Crippen molar-refractivity contribution in [2.75, 3.05) is 30.1 Å². The molecule has 0 aliphatic carbocycles. The van der Waals surface area contributed by atoms with E-state index in [4.69, 9.17) is 21.7 Å². The number of methoxy groups -OCH3 is 2. The number of aromatic nitrogens is 2. The second kappa shape index (κ2) is 11.5. The van der Waals surface area contributed by atoms with Gasteiger partial charge in [-0.3, -0.25) is 9.71 Å². The number of pyridine rings is 1. The van der Waals surface area contributed by atoms with Crippen LogP contribution < -0.4 is 19.7 Å². The molecule has 0 bridgehead atoms. The fraction of sp³-hybridized carbons (Fsp3) is 0.233. The highest BCUT2D eigenvalue weighted by atomic mass is 32.2. The number of esters is 1. The van der Waals surface area contributed by atoms with E-state index in [0.29, 0.717) is 27.8 Å². The predicted octanol–water partition coefficient (Wildman–Crippen LogP) is 4.83. The van der Waals surface area contributed by atoms with Gasteiger partial charge in [0, 0.05) is 29.0 Å². The van der Waals surface area contributed by atoms with E-state index < -0.39 is 16.0 Å². The summed E-state index contributed by atoms with van der Waals surface area (Å²) in [5.41, 5.74) is 6.11. The van der Waals surface area contributed by atoms with Gasteiger partial charge in [0.25, 0.3) is 0 Å². The zero-order valence-electron chi connectivity index (χ0n) is 23.8. The van der Waals surface area contributed by atoms with Crippen molar-refractivity contribution in [2.24, 2.45) is 0 Å². The molecule has 2 aromatic carbocycles. The number of aryl methyl sites for hydroxylation is 1. The van der Waals surface area contributed by atoms with Crippen LogP contribution in [0, 0.1) is 13.8 Å². The third-order valence-electron chi connectivity index (χ3n) is 7.19. The number of hydrogen-bond donors (Lipinski definition) is 2. The lowest BCUT2D eigenvalue weighted by atomic mass is 9.96. The first-order valence-electron chi connectivity index (χ1n) is 13.1. The van der Waals surface area contributed by atoms with E-state index in [9.17, 15) is 13.2 Å². The molecular weight excluding hydrogens is 574 g/mol. The topological polar surface area (TPSA) is 115 Å². The number of benzene rings is 2. The number of rotatable bonds is 8. The lowest BCUT2D eigenvalue weighted by molar-refractivity contribution is 0.0600. The van der Waals surface area contributed by atoms with Crippen molar-refractivity contribution < 1.29 is 22.7 Å². The Morgan fingerprint density at radius 3 is 2.36 bits per heavy atom. The Bertz CT molecular complexity index is 1750. The molecule has 1 aliphatic heterocycles. The van der Waals surface area contributed by atoms with Gasteiger partial charge in [0.05, 0.1) is 49.5 Å². The fourth-order valence-corrected chi connectivity index (χ4v) is 6.33. The molecule has 0 unspecified atom stereocenters. The molecule has 0 radical (unpaired) electrons. The molecule has 12 heteroatoms. The molecule has 1 saturated heterocycles. The molecule has 5 rings (SSSR count). The smallest absolute Gasteiger partial charge is 0.337 e. The van der Waals surface area contributed by atoms with Crippen LogP contribution in [0.4, 0.5) is 11.4 Å². The van der Waals surface area contributed by atoms with Crippen molar-refractivity contribution in [2.45, 2.75) is 25.9 Å². The Labute approximate surface area is 250 Å². The molecule has 2 atom stereocenters. The Balaban J connectivity index is 1.65. The van der Waals surface area contributed by atoms with Gasteiger partial charge >= 0.3 is 5.97 Å². The first-order valence-corrected chi connectivity index (χ1v) is 15.4. The van der Waals surface area contributed by atoms with Gasteiger partial charge in [0.1, 0.15) is 5.75 Å². The van der Waals surface area contributed by atoms with Crippen molar-refractivity contribution in [1.29, 1.82) is 0 Å². The van der Waals surface area contributed by atoms with E-state index in [2.05, 4.69) is 25.7 Å². The minimum atomic E-state index is -3.57. The quantitative estimate of drug-likeness (QED) is 0.215. The minimum absolute atomic E-state index is 0.302. The predicted molar refractivity (Wildman–Crippen MR) is 166 cm³/mol. The third kappa shape index (κ3) is 5.55. The molecule has 3 heterocycles. The number of carbonyl (C=O) groups is 1. The Morgan fingerprint density at radius 1 is 1.02 bits per heavy atom.